The summed E-state index contributed by atoms with van der Waals surface area (Å²) in [4.78, 5) is 25.3. The molecule has 2 amide bonds. The molecule has 1 unspecified atom stereocenters. The fourth-order valence-corrected chi connectivity index (χ4v) is 5.44. The minimum absolute atomic E-state index is 0.119. The van der Waals surface area contributed by atoms with Crippen LogP contribution < -0.4 is 11.1 Å². The highest BCUT2D eigenvalue weighted by atomic mass is 32.2. The first-order valence-electron chi connectivity index (χ1n) is 8.86. The number of thiophene rings is 1. The van der Waals surface area contributed by atoms with E-state index in [0.717, 1.165) is 49.2 Å². The van der Waals surface area contributed by atoms with Gasteiger partial charge in [0.1, 0.15) is 5.00 Å². The number of thioether (sulfide) groups is 1. The summed E-state index contributed by atoms with van der Waals surface area (Å²) in [5.74, 6) is -0.556. The highest BCUT2D eigenvalue weighted by Crippen LogP contribution is 2.38. The van der Waals surface area contributed by atoms with Gasteiger partial charge in [0.25, 0.3) is 5.91 Å². The molecular weight excluding hydrogens is 388 g/mol. The molecule has 27 heavy (non-hydrogen) atoms. The normalized spacial score (nSPS) is 18.6. The number of carbonyl (C=O) groups is 2. The topological polar surface area (TPSA) is 125 Å². The van der Waals surface area contributed by atoms with Crippen molar-refractivity contribution >= 4 is 39.9 Å². The molecular formula is C16H20N6O3S2. The van der Waals surface area contributed by atoms with Crippen LogP contribution in [0.5, 0.6) is 0 Å². The summed E-state index contributed by atoms with van der Waals surface area (Å²) in [5.41, 5.74) is 6.99. The van der Waals surface area contributed by atoms with Crippen molar-refractivity contribution in [2.45, 2.75) is 49.9 Å². The van der Waals surface area contributed by atoms with Crippen LogP contribution in [0.15, 0.2) is 5.16 Å². The molecule has 11 heteroatoms. The van der Waals surface area contributed by atoms with Crippen molar-refractivity contribution in [1.82, 2.24) is 20.2 Å². The number of amides is 2. The van der Waals surface area contributed by atoms with E-state index < -0.39 is 5.91 Å². The van der Waals surface area contributed by atoms with Crippen molar-refractivity contribution in [2.24, 2.45) is 5.73 Å². The van der Waals surface area contributed by atoms with Gasteiger partial charge in [-0.2, -0.15) is 0 Å². The molecule has 1 fully saturated rings. The number of hydrogen-bond acceptors (Lipinski definition) is 8. The van der Waals surface area contributed by atoms with E-state index in [0.29, 0.717) is 22.3 Å². The second-order valence-corrected chi connectivity index (χ2v) is 8.59. The lowest BCUT2D eigenvalue weighted by atomic mass is 10.1. The maximum Gasteiger partial charge on any atom is 0.251 e. The SMILES string of the molecule is NC(=O)c1c(NC(=O)CSc2nnnn2CC2CCCO2)sc2c1CCC2. The zero-order valence-corrected chi connectivity index (χ0v) is 16.3. The molecule has 3 heterocycles. The van der Waals surface area contributed by atoms with E-state index in [1.54, 1.807) is 4.68 Å². The average Bonchev–Trinajstić information content (AvgIpc) is 3.37. The first kappa shape index (κ1) is 18.4. The number of primary amides is 1. The van der Waals surface area contributed by atoms with E-state index in [4.69, 9.17) is 10.5 Å². The van der Waals surface area contributed by atoms with Crippen LogP contribution in [0.4, 0.5) is 5.00 Å². The number of carbonyl (C=O) groups excluding carboxylic acids is 2. The molecule has 1 saturated heterocycles. The number of ether oxygens (including phenoxy) is 1. The molecule has 3 N–H and O–H groups in total. The van der Waals surface area contributed by atoms with E-state index in [-0.39, 0.29) is 17.8 Å². The van der Waals surface area contributed by atoms with Crippen molar-refractivity contribution in [3.63, 3.8) is 0 Å². The van der Waals surface area contributed by atoms with Crippen molar-refractivity contribution in [1.29, 1.82) is 0 Å². The molecule has 144 valence electrons. The quantitative estimate of drug-likeness (QED) is 0.660. The third kappa shape index (κ3) is 3.99. The van der Waals surface area contributed by atoms with Crippen LogP contribution in [0.2, 0.25) is 0 Å². The fraction of sp³-hybridized carbons (Fsp3) is 0.562. The predicted molar refractivity (Wildman–Crippen MR) is 101 cm³/mol. The maximum atomic E-state index is 12.4. The minimum atomic E-state index is -0.488. The Morgan fingerprint density at radius 2 is 2.26 bits per heavy atom. The zero-order chi connectivity index (χ0) is 18.8. The second kappa shape index (κ2) is 7.95. The number of rotatable bonds is 7. The number of nitrogens with zero attached hydrogens (tertiary/aromatic N) is 4. The highest BCUT2D eigenvalue weighted by molar-refractivity contribution is 7.99. The van der Waals surface area contributed by atoms with Gasteiger partial charge >= 0.3 is 0 Å². The Hall–Kier alpha value is -1.98. The molecule has 1 atom stereocenters. The van der Waals surface area contributed by atoms with Gasteiger partial charge in [-0.25, -0.2) is 4.68 Å². The van der Waals surface area contributed by atoms with E-state index in [9.17, 15) is 9.59 Å². The number of nitrogens with two attached hydrogens (primary N) is 1. The van der Waals surface area contributed by atoms with Crippen molar-refractivity contribution < 1.29 is 14.3 Å². The Labute approximate surface area is 164 Å². The Bertz CT molecular complexity index is 858. The number of nitrogens with one attached hydrogen (secondary N) is 1. The van der Waals surface area contributed by atoms with E-state index >= 15 is 0 Å². The van der Waals surface area contributed by atoms with Crippen LogP contribution in [0.3, 0.4) is 0 Å². The number of hydrogen-bond donors (Lipinski definition) is 2. The van der Waals surface area contributed by atoms with E-state index in [2.05, 4.69) is 20.8 Å². The Kier molecular flexibility index (Phi) is 5.41. The van der Waals surface area contributed by atoms with Gasteiger partial charge in [0, 0.05) is 11.5 Å². The summed E-state index contributed by atoms with van der Waals surface area (Å²) in [6.07, 6.45) is 4.95. The maximum absolute atomic E-state index is 12.4. The number of tetrazole rings is 1. The molecule has 1 aliphatic carbocycles. The molecule has 0 spiro atoms. The van der Waals surface area contributed by atoms with Crippen LogP contribution in [-0.4, -0.2) is 50.5 Å². The summed E-state index contributed by atoms with van der Waals surface area (Å²) in [7, 11) is 0. The number of anilines is 1. The first-order chi connectivity index (χ1) is 13.1. The molecule has 1 aliphatic heterocycles. The van der Waals surface area contributed by atoms with Gasteiger partial charge in [0.15, 0.2) is 0 Å². The molecule has 0 saturated carbocycles. The third-order valence-electron chi connectivity index (χ3n) is 4.65. The summed E-state index contributed by atoms with van der Waals surface area (Å²) >= 11 is 2.71. The molecule has 2 aromatic rings. The second-order valence-electron chi connectivity index (χ2n) is 6.54. The molecule has 0 bridgehead atoms. The first-order valence-corrected chi connectivity index (χ1v) is 10.7. The Morgan fingerprint density at radius 1 is 1.37 bits per heavy atom. The van der Waals surface area contributed by atoms with Gasteiger partial charge in [-0.15, -0.1) is 16.4 Å². The fourth-order valence-electron chi connectivity index (χ4n) is 3.44. The van der Waals surface area contributed by atoms with E-state index in [1.807, 2.05) is 0 Å². The van der Waals surface area contributed by atoms with Crippen LogP contribution in [0, 0.1) is 0 Å². The average molecular weight is 409 g/mol. The smallest absolute Gasteiger partial charge is 0.251 e. The lowest BCUT2D eigenvalue weighted by Gasteiger charge is -2.10. The summed E-state index contributed by atoms with van der Waals surface area (Å²) in [6, 6.07) is 0. The lowest BCUT2D eigenvalue weighted by Crippen LogP contribution is -2.20. The monoisotopic (exact) mass is 408 g/mol. The standard InChI is InChI=1S/C16H20N6O3S2/c17-14(24)13-10-4-1-5-11(10)27-15(13)18-12(23)8-26-16-19-20-21-22(16)7-9-3-2-6-25-9/h9H,1-8H2,(H2,17,24)(H,18,23). The lowest BCUT2D eigenvalue weighted by molar-refractivity contribution is -0.113. The number of fused-ring (bicyclic) bond motifs is 1. The Balaban J connectivity index is 1.37. The number of aryl methyl sites for hydroxylation is 1. The molecule has 0 aromatic carbocycles. The van der Waals surface area contributed by atoms with Crippen LogP contribution in [0.25, 0.3) is 0 Å². The zero-order valence-electron chi connectivity index (χ0n) is 14.6. The van der Waals surface area contributed by atoms with Crippen LogP contribution in [0.1, 0.15) is 40.1 Å². The molecule has 2 aliphatic rings. The largest absolute Gasteiger partial charge is 0.376 e. The van der Waals surface area contributed by atoms with Crippen LogP contribution >= 0.6 is 23.1 Å². The predicted octanol–water partition coefficient (Wildman–Crippen LogP) is 1.23. The summed E-state index contributed by atoms with van der Waals surface area (Å²) < 4.78 is 7.27. The third-order valence-corrected chi connectivity index (χ3v) is 6.82. The van der Waals surface area contributed by atoms with E-state index in [1.165, 1.54) is 23.1 Å². The van der Waals surface area contributed by atoms with Crippen molar-refractivity contribution in [2.75, 3.05) is 17.7 Å². The van der Waals surface area contributed by atoms with Crippen molar-refractivity contribution in [3.05, 3.63) is 16.0 Å². The van der Waals surface area contributed by atoms with Crippen molar-refractivity contribution in [3.8, 4) is 0 Å². The molecule has 9 nitrogen and oxygen atoms in total. The molecule has 2 aromatic heterocycles. The van der Waals surface area contributed by atoms with Gasteiger partial charge in [-0.05, 0) is 48.1 Å². The van der Waals surface area contributed by atoms with Gasteiger partial charge in [0.05, 0.1) is 24.0 Å². The van der Waals surface area contributed by atoms with Gasteiger partial charge in [-0.3, -0.25) is 9.59 Å². The molecule has 4 rings (SSSR count). The van der Waals surface area contributed by atoms with Crippen LogP contribution in [-0.2, 0) is 28.9 Å². The van der Waals surface area contributed by atoms with Gasteiger partial charge in [-0.1, -0.05) is 11.8 Å². The van der Waals surface area contributed by atoms with Gasteiger partial charge < -0.3 is 15.8 Å². The minimum Gasteiger partial charge on any atom is -0.376 e. The molecule has 0 radical (unpaired) electrons. The highest BCUT2D eigenvalue weighted by Gasteiger charge is 2.26. The Morgan fingerprint density at radius 3 is 3.04 bits per heavy atom. The summed E-state index contributed by atoms with van der Waals surface area (Å²) in [5, 5.41) is 15.6. The van der Waals surface area contributed by atoms with Gasteiger partial charge in [0.2, 0.25) is 11.1 Å². The number of aromatic nitrogens is 4. The summed E-state index contributed by atoms with van der Waals surface area (Å²) in [6.45, 7) is 1.35.